The predicted molar refractivity (Wildman–Crippen MR) is 64.6 cm³/mol. The molecule has 0 radical (unpaired) electrons. The molecule has 1 heterocycles. The van der Waals surface area contributed by atoms with Gasteiger partial charge in [-0.1, -0.05) is 15.9 Å². The lowest BCUT2D eigenvalue weighted by Gasteiger charge is -2.17. The summed E-state index contributed by atoms with van der Waals surface area (Å²) >= 11 is 2.75. The SMILES string of the molecule is O=C(c1ccc(Br)c(C(F)(F)F)c1)N1CCC(F)(F)C1. The molecule has 0 saturated carbocycles. The first-order valence-corrected chi connectivity index (χ1v) is 6.43. The van der Waals surface area contributed by atoms with Crippen LogP contribution in [-0.2, 0) is 6.18 Å². The molecule has 2 rings (SSSR count). The van der Waals surface area contributed by atoms with Crippen LogP contribution in [0.3, 0.4) is 0 Å². The van der Waals surface area contributed by atoms with Crippen LogP contribution < -0.4 is 0 Å². The van der Waals surface area contributed by atoms with Crippen LogP contribution in [0.1, 0.15) is 22.3 Å². The lowest BCUT2D eigenvalue weighted by atomic mass is 10.1. The van der Waals surface area contributed by atoms with Gasteiger partial charge in [0.2, 0.25) is 0 Å². The molecule has 1 amide bonds. The molecule has 0 aromatic heterocycles. The van der Waals surface area contributed by atoms with Gasteiger partial charge in [0.15, 0.2) is 0 Å². The molecule has 110 valence electrons. The molecule has 1 aliphatic rings. The minimum atomic E-state index is -4.62. The van der Waals surface area contributed by atoms with Crippen molar-refractivity contribution in [2.45, 2.75) is 18.5 Å². The Morgan fingerprint density at radius 3 is 2.45 bits per heavy atom. The summed E-state index contributed by atoms with van der Waals surface area (Å²) in [6.45, 7) is -0.924. The number of likely N-dealkylation sites (tertiary alicyclic amines) is 1. The van der Waals surface area contributed by atoms with E-state index >= 15 is 0 Å². The second-order valence-corrected chi connectivity index (χ2v) is 5.38. The Balaban J connectivity index is 2.28. The summed E-state index contributed by atoms with van der Waals surface area (Å²) in [5.74, 6) is -3.79. The number of carbonyl (C=O) groups is 1. The number of rotatable bonds is 1. The summed E-state index contributed by atoms with van der Waals surface area (Å²) < 4.78 is 64.0. The Morgan fingerprint density at radius 1 is 1.30 bits per heavy atom. The molecule has 0 atom stereocenters. The van der Waals surface area contributed by atoms with Gasteiger partial charge in [-0.05, 0) is 18.2 Å². The predicted octanol–water partition coefficient (Wildman–Crippen LogP) is 3.95. The quantitative estimate of drug-likeness (QED) is 0.697. The van der Waals surface area contributed by atoms with Crippen LogP contribution in [-0.4, -0.2) is 29.8 Å². The fourth-order valence-electron chi connectivity index (χ4n) is 1.97. The summed E-state index contributed by atoms with van der Waals surface area (Å²) in [5.41, 5.74) is -1.26. The monoisotopic (exact) mass is 357 g/mol. The van der Waals surface area contributed by atoms with Crippen molar-refractivity contribution >= 4 is 21.8 Å². The molecule has 0 aliphatic carbocycles. The van der Waals surface area contributed by atoms with Gasteiger partial charge in [-0.3, -0.25) is 4.79 Å². The molecule has 1 fully saturated rings. The van der Waals surface area contributed by atoms with Gasteiger partial charge in [-0.25, -0.2) is 8.78 Å². The van der Waals surface area contributed by atoms with Gasteiger partial charge >= 0.3 is 6.18 Å². The molecule has 1 saturated heterocycles. The third kappa shape index (κ3) is 3.11. The van der Waals surface area contributed by atoms with E-state index in [0.29, 0.717) is 6.07 Å². The molecule has 8 heteroatoms. The number of hydrogen-bond donors (Lipinski definition) is 0. The van der Waals surface area contributed by atoms with Crippen LogP contribution in [0.2, 0.25) is 0 Å². The van der Waals surface area contributed by atoms with Gasteiger partial charge < -0.3 is 4.90 Å². The van der Waals surface area contributed by atoms with Crippen molar-refractivity contribution in [1.82, 2.24) is 4.90 Å². The molecule has 0 bridgehead atoms. The standard InChI is InChI=1S/C12H9BrF5NO/c13-9-2-1-7(5-8(9)12(16,17)18)10(20)19-4-3-11(14,15)6-19/h1-2,5H,3-4,6H2. The highest BCUT2D eigenvalue weighted by Crippen LogP contribution is 2.36. The van der Waals surface area contributed by atoms with E-state index < -0.39 is 36.5 Å². The van der Waals surface area contributed by atoms with E-state index in [9.17, 15) is 26.7 Å². The van der Waals surface area contributed by atoms with Crippen molar-refractivity contribution in [2.75, 3.05) is 13.1 Å². The zero-order valence-electron chi connectivity index (χ0n) is 9.98. The van der Waals surface area contributed by atoms with Crippen LogP contribution in [0.5, 0.6) is 0 Å². The molecule has 20 heavy (non-hydrogen) atoms. The maximum absolute atomic E-state index is 13.0. The Morgan fingerprint density at radius 2 is 1.95 bits per heavy atom. The Hall–Kier alpha value is -1.18. The third-order valence-electron chi connectivity index (χ3n) is 2.98. The second kappa shape index (κ2) is 4.98. The highest BCUT2D eigenvalue weighted by Gasteiger charge is 2.41. The normalized spacial score (nSPS) is 18.4. The highest BCUT2D eigenvalue weighted by molar-refractivity contribution is 9.10. The van der Waals surface area contributed by atoms with Crippen molar-refractivity contribution in [1.29, 1.82) is 0 Å². The minimum Gasteiger partial charge on any atom is -0.332 e. The van der Waals surface area contributed by atoms with E-state index in [1.54, 1.807) is 0 Å². The fraction of sp³-hybridized carbons (Fsp3) is 0.417. The molecular weight excluding hydrogens is 349 g/mol. The first-order valence-electron chi connectivity index (χ1n) is 5.64. The molecule has 1 aromatic carbocycles. The maximum atomic E-state index is 13.0. The largest absolute Gasteiger partial charge is 0.417 e. The molecule has 0 unspecified atom stereocenters. The van der Waals surface area contributed by atoms with E-state index in [0.717, 1.165) is 11.0 Å². The van der Waals surface area contributed by atoms with Crippen LogP contribution in [0, 0.1) is 0 Å². The molecule has 0 spiro atoms. The number of carbonyl (C=O) groups excluding carboxylic acids is 1. The van der Waals surface area contributed by atoms with Gasteiger partial charge in [0.05, 0.1) is 12.1 Å². The Kier molecular flexibility index (Phi) is 3.79. The van der Waals surface area contributed by atoms with Crippen LogP contribution >= 0.6 is 15.9 Å². The zero-order valence-corrected chi connectivity index (χ0v) is 11.6. The molecule has 2 nitrogen and oxygen atoms in total. The van der Waals surface area contributed by atoms with E-state index in [1.165, 1.54) is 6.07 Å². The van der Waals surface area contributed by atoms with Gasteiger partial charge in [-0.2, -0.15) is 13.2 Å². The molecular formula is C12H9BrF5NO. The van der Waals surface area contributed by atoms with Crippen molar-refractivity contribution in [2.24, 2.45) is 0 Å². The lowest BCUT2D eigenvalue weighted by Crippen LogP contribution is -2.31. The molecule has 0 N–H and O–H groups in total. The van der Waals surface area contributed by atoms with Crippen LogP contribution in [0.4, 0.5) is 22.0 Å². The minimum absolute atomic E-state index is 0.163. The average molecular weight is 358 g/mol. The average Bonchev–Trinajstić information content (AvgIpc) is 2.68. The fourth-order valence-corrected chi connectivity index (χ4v) is 2.44. The van der Waals surface area contributed by atoms with Crippen molar-refractivity contribution < 1.29 is 26.7 Å². The number of benzene rings is 1. The molecule has 1 aromatic rings. The van der Waals surface area contributed by atoms with Gasteiger partial charge in [0.1, 0.15) is 0 Å². The smallest absolute Gasteiger partial charge is 0.332 e. The van der Waals surface area contributed by atoms with Gasteiger partial charge in [0.25, 0.3) is 11.8 Å². The van der Waals surface area contributed by atoms with Crippen LogP contribution in [0.25, 0.3) is 0 Å². The summed E-state index contributed by atoms with van der Waals surface area (Å²) in [5, 5.41) is 0. The van der Waals surface area contributed by atoms with Crippen molar-refractivity contribution in [3.05, 3.63) is 33.8 Å². The topological polar surface area (TPSA) is 20.3 Å². The summed E-state index contributed by atoms with van der Waals surface area (Å²) in [4.78, 5) is 12.8. The van der Waals surface area contributed by atoms with Gasteiger partial charge in [0, 0.05) is 23.0 Å². The first kappa shape index (κ1) is 15.2. The Bertz CT molecular complexity index is 543. The summed E-state index contributed by atoms with van der Waals surface area (Å²) in [6, 6.07) is 2.94. The van der Waals surface area contributed by atoms with Crippen molar-refractivity contribution in [3.8, 4) is 0 Å². The van der Waals surface area contributed by atoms with E-state index in [-0.39, 0.29) is 16.6 Å². The highest BCUT2D eigenvalue weighted by atomic mass is 79.9. The number of nitrogens with zero attached hydrogens (tertiary/aromatic N) is 1. The number of halogens is 6. The number of alkyl halides is 5. The third-order valence-corrected chi connectivity index (χ3v) is 3.67. The van der Waals surface area contributed by atoms with E-state index in [1.807, 2.05) is 0 Å². The van der Waals surface area contributed by atoms with Crippen LogP contribution in [0.15, 0.2) is 22.7 Å². The van der Waals surface area contributed by atoms with Gasteiger partial charge in [-0.15, -0.1) is 0 Å². The Labute approximate surface area is 119 Å². The number of hydrogen-bond acceptors (Lipinski definition) is 1. The molecule has 1 aliphatic heterocycles. The summed E-state index contributed by atoms with van der Waals surface area (Å²) in [7, 11) is 0. The van der Waals surface area contributed by atoms with E-state index in [4.69, 9.17) is 0 Å². The summed E-state index contributed by atoms with van der Waals surface area (Å²) in [6.07, 6.45) is -5.09. The maximum Gasteiger partial charge on any atom is 0.417 e. The first-order chi connectivity index (χ1) is 9.10. The van der Waals surface area contributed by atoms with E-state index in [2.05, 4.69) is 15.9 Å². The lowest BCUT2D eigenvalue weighted by molar-refractivity contribution is -0.138. The van der Waals surface area contributed by atoms with Crippen molar-refractivity contribution in [3.63, 3.8) is 0 Å². The second-order valence-electron chi connectivity index (χ2n) is 4.53. The zero-order chi connectivity index (χ0) is 15.1. The number of amides is 1.